The second kappa shape index (κ2) is 8.93. The summed E-state index contributed by atoms with van der Waals surface area (Å²) in [6, 6.07) is 3.41. The van der Waals surface area contributed by atoms with Crippen LogP contribution in [0.4, 0.5) is 8.78 Å². The molecule has 30 heavy (non-hydrogen) atoms. The molecule has 1 unspecified atom stereocenters. The van der Waals surface area contributed by atoms with Gasteiger partial charge in [-0.1, -0.05) is 11.6 Å². The zero-order chi connectivity index (χ0) is 22.0. The molecule has 1 aliphatic heterocycles. The largest absolute Gasteiger partial charge is 0.490 e. The average molecular weight is 439 g/mol. The Hall–Kier alpha value is -2.78. The highest BCUT2D eigenvalue weighted by molar-refractivity contribution is 6.31. The molecular weight excluding hydrogens is 418 g/mol. The van der Waals surface area contributed by atoms with Crippen LogP contribution in [-0.4, -0.2) is 58.4 Å². The monoisotopic (exact) mass is 438 g/mol. The van der Waals surface area contributed by atoms with Crippen LogP contribution in [0.2, 0.25) is 5.02 Å². The number of aryl methyl sites for hydroxylation is 2. The van der Waals surface area contributed by atoms with Crippen molar-refractivity contribution in [3.63, 3.8) is 0 Å². The Balaban J connectivity index is 1.83. The SMILES string of the molecule is Cc1nc(C2=C(N)CN(C(=O)c3ccc(F)cc3OCC(O)CF)C2)nc(C)c1Cl. The Kier molecular flexibility index (Phi) is 6.52. The first-order valence-corrected chi connectivity index (χ1v) is 9.53. The summed E-state index contributed by atoms with van der Waals surface area (Å²) in [6.45, 7) is 2.35. The maximum atomic E-state index is 13.7. The van der Waals surface area contributed by atoms with E-state index in [0.717, 1.165) is 12.1 Å². The van der Waals surface area contributed by atoms with Crippen LogP contribution in [0.1, 0.15) is 27.6 Å². The number of hydrogen-bond donors (Lipinski definition) is 2. The summed E-state index contributed by atoms with van der Waals surface area (Å²) in [5.74, 6) is -0.783. The van der Waals surface area contributed by atoms with E-state index in [2.05, 4.69) is 9.97 Å². The summed E-state index contributed by atoms with van der Waals surface area (Å²) in [4.78, 5) is 23.2. The highest BCUT2D eigenvalue weighted by atomic mass is 35.5. The van der Waals surface area contributed by atoms with E-state index in [1.54, 1.807) is 13.8 Å². The lowest BCUT2D eigenvalue weighted by Crippen LogP contribution is -2.31. The molecule has 10 heteroatoms. The molecule has 0 fully saturated rings. The van der Waals surface area contributed by atoms with Gasteiger partial charge in [-0.2, -0.15) is 0 Å². The van der Waals surface area contributed by atoms with Crippen molar-refractivity contribution < 1.29 is 23.4 Å². The van der Waals surface area contributed by atoms with E-state index in [1.807, 2.05) is 0 Å². The predicted molar refractivity (Wildman–Crippen MR) is 107 cm³/mol. The molecule has 0 saturated heterocycles. The van der Waals surface area contributed by atoms with Gasteiger partial charge >= 0.3 is 0 Å². The molecule has 3 rings (SSSR count). The Morgan fingerprint density at radius 3 is 2.63 bits per heavy atom. The zero-order valence-corrected chi connectivity index (χ0v) is 17.2. The summed E-state index contributed by atoms with van der Waals surface area (Å²) < 4.78 is 31.4. The Bertz CT molecular complexity index is 993. The number of carbonyl (C=O) groups is 1. The molecule has 1 aromatic heterocycles. The van der Waals surface area contributed by atoms with Crippen molar-refractivity contribution in [2.45, 2.75) is 20.0 Å². The lowest BCUT2D eigenvalue weighted by Gasteiger charge is -2.19. The smallest absolute Gasteiger partial charge is 0.258 e. The maximum Gasteiger partial charge on any atom is 0.258 e. The third kappa shape index (κ3) is 4.52. The van der Waals surface area contributed by atoms with Crippen molar-refractivity contribution in [2.75, 3.05) is 26.4 Å². The van der Waals surface area contributed by atoms with Crippen LogP contribution in [0.15, 0.2) is 23.9 Å². The molecule has 3 N–H and O–H groups in total. The zero-order valence-electron chi connectivity index (χ0n) is 16.5. The van der Waals surface area contributed by atoms with Gasteiger partial charge in [0.05, 0.1) is 35.1 Å². The topological polar surface area (TPSA) is 102 Å². The average Bonchev–Trinajstić information content (AvgIpc) is 3.11. The normalized spacial score (nSPS) is 14.9. The Morgan fingerprint density at radius 2 is 2.00 bits per heavy atom. The molecule has 2 aromatic rings. The molecule has 0 saturated carbocycles. The molecule has 0 aliphatic carbocycles. The van der Waals surface area contributed by atoms with Crippen LogP contribution < -0.4 is 10.5 Å². The number of aliphatic hydroxyl groups is 1. The first kappa shape index (κ1) is 21.9. The fourth-order valence-corrected chi connectivity index (χ4v) is 3.12. The van der Waals surface area contributed by atoms with E-state index in [4.69, 9.17) is 22.1 Å². The standard InChI is InChI=1S/C20H21ClF2N4O3/c1-10-18(21)11(2)26-19(25-10)15-7-27(8-16(15)24)20(29)14-4-3-12(23)5-17(14)30-9-13(28)6-22/h3-5,13,28H,6-9,24H2,1-2H3. The number of ether oxygens (including phenoxy) is 1. The second-order valence-electron chi connectivity index (χ2n) is 6.96. The van der Waals surface area contributed by atoms with E-state index in [-0.39, 0.29) is 24.4 Å². The first-order chi connectivity index (χ1) is 14.2. The van der Waals surface area contributed by atoms with Crippen molar-refractivity contribution in [2.24, 2.45) is 5.73 Å². The summed E-state index contributed by atoms with van der Waals surface area (Å²) >= 11 is 6.12. The minimum absolute atomic E-state index is 0.0703. The molecule has 0 bridgehead atoms. The number of rotatable bonds is 6. The molecule has 2 heterocycles. The molecule has 1 aliphatic rings. The number of benzene rings is 1. The number of halogens is 3. The van der Waals surface area contributed by atoms with Crippen molar-refractivity contribution >= 4 is 23.1 Å². The quantitative estimate of drug-likeness (QED) is 0.718. The molecule has 1 atom stereocenters. The van der Waals surface area contributed by atoms with Crippen LogP contribution in [0.5, 0.6) is 5.75 Å². The van der Waals surface area contributed by atoms with Crippen LogP contribution >= 0.6 is 11.6 Å². The van der Waals surface area contributed by atoms with Crippen molar-refractivity contribution in [3.05, 3.63) is 57.5 Å². The van der Waals surface area contributed by atoms with Crippen LogP contribution in [0.3, 0.4) is 0 Å². The molecule has 1 aromatic carbocycles. The summed E-state index contributed by atoms with van der Waals surface area (Å²) in [5.41, 5.74) is 8.45. The van der Waals surface area contributed by atoms with Gasteiger partial charge in [-0.25, -0.2) is 18.7 Å². The van der Waals surface area contributed by atoms with E-state index in [1.165, 1.54) is 11.0 Å². The van der Waals surface area contributed by atoms with Gasteiger partial charge in [0.1, 0.15) is 31.0 Å². The van der Waals surface area contributed by atoms with Gasteiger partial charge in [-0.05, 0) is 26.0 Å². The summed E-state index contributed by atoms with van der Waals surface area (Å²) in [5, 5.41) is 9.82. The summed E-state index contributed by atoms with van der Waals surface area (Å²) in [6.07, 6.45) is -1.37. The highest BCUT2D eigenvalue weighted by Gasteiger charge is 2.30. The molecule has 160 valence electrons. The van der Waals surface area contributed by atoms with Gasteiger partial charge in [0.2, 0.25) is 0 Å². The minimum Gasteiger partial charge on any atom is -0.490 e. The number of aromatic nitrogens is 2. The van der Waals surface area contributed by atoms with Crippen LogP contribution in [0, 0.1) is 19.7 Å². The van der Waals surface area contributed by atoms with Gasteiger partial charge in [0.25, 0.3) is 5.91 Å². The summed E-state index contributed by atoms with van der Waals surface area (Å²) in [7, 11) is 0. The van der Waals surface area contributed by atoms with Crippen molar-refractivity contribution in [3.8, 4) is 5.75 Å². The van der Waals surface area contributed by atoms with Crippen LogP contribution in [-0.2, 0) is 0 Å². The van der Waals surface area contributed by atoms with Crippen molar-refractivity contribution in [1.82, 2.24) is 14.9 Å². The molecule has 1 amide bonds. The fraction of sp³-hybridized carbons (Fsp3) is 0.350. The minimum atomic E-state index is -1.37. The molecule has 0 radical (unpaired) electrons. The maximum absolute atomic E-state index is 13.7. The number of nitrogens with zero attached hydrogens (tertiary/aromatic N) is 3. The van der Waals surface area contributed by atoms with E-state index in [9.17, 15) is 18.7 Å². The Morgan fingerprint density at radius 1 is 1.33 bits per heavy atom. The van der Waals surface area contributed by atoms with Gasteiger partial charge in [0.15, 0.2) is 5.82 Å². The number of amides is 1. The van der Waals surface area contributed by atoms with E-state index in [0.29, 0.717) is 33.5 Å². The number of aliphatic hydroxyl groups excluding tert-OH is 1. The van der Waals surface area contributed by atoms with Gasteiger partial charge < -0.3 is 20.5 Å². The fourth-order valence-electron chi connectivity index (χ4n) is 3.04. The first-order valence-electron chi connectivity index (χ1n) is 9.15. The van der Waals surface area contributed by atoms with Crippen molar-refractivity contribution in [1.29, 1.82) is 0 Å². The highest BCUT2D eigenvalue weighted by Crippen LogP contribution is 2.28. The number of hydrogen-bond acceptors (Lipinski definition) is 6. The van der Waals surface area contributed by atoms with E-state index < -0.39 is 31.1 Å². The third-order valence-corrected chi connectivity index (χ3v) is 5.17. The molecular formula is C20H21ClF2N4O3. The number of alkyl halides is 1. The molecule has 7 nitrogen and oxygen atoms in total. The number of nitrogens with two attached hydrogens (primary N) is 1. The second-order valence-corrected chi connectivity index (χ2v) is 7.33. The third-order valence-electron chi connectivity index (χ3n) is 4.62. The van der Waals surface area contributed by atoms with Gasteiger partial charge in [-0.3, -0.25) is 4.79 Å². The predicted octanol–water partition coefficient (Wildman–Crippen LogP) is 2.42. The lowest BCUT2D eigenvalue weighted by molar-refractivity contribution is 0.0755. The number of carbonyl (C=O) groups excluding carboxylic acids is 1. The Labute approximate surface area is 177 Å². The van der Waals surface area contributed by atoms with E-state index >= 15 is 0 Å². The van der Waals surface area contributed by atoms with Gasteiger partial charge in [0, 0.05) is 17.3 Å². The van der Waals surface area contributed by atoms with Gasteiger partial charge in [-0.15, -0.1) is 0 Å². The molecule has 0 spiro atoms. The lowest BCUT2D eigenvalue weighted by atomic mass is 10.1. The van der Waals surface area contributed by atoms with Crippen LogP contribution in [0.25, 0.3) is 5.57 Å².